The van der Waals surface area contributed by atoms with Crippen molar-refractivity contribution in [1.29, 1.82) is 0 Å². The summed E-state index contributed by atoms with van der Waals surface area (Å²) in [5.74, 6) is -5.12. The number of carbonyl (C=O) groups is 2. The van der Waals surface area contributed by atoms with Crippen molar-refractivity contribution in [1.82, 2.24) is 5.32 Å². The molecule has 0 aromatic heterocycles. The quantitative estimate of drug-likeness (QED) is 0.803. The smallest absolute Gasteiger partial charge is 0.277 e. The van der Waals surface area contributed by atoms with Crippen LogP contribution in [0.25, 0.3) is 0 Å². The molecule has 1 heterocycles. The number of halogens is 2. The van der Waals surface area contributed by atoms with E-state index in [1.165, 1.54) is 4.90 Å². The fourth-order valence-electron chi connectivity index (χ4n) is 2.70. The third-order valence-electron chi connectivity index (χ3n) is 3.86. The van der Waals surface area contributed by atoms with Gasteiger partial charge >= 0.3 is 0 Å². The minimum atomic E-state index is -3.16. The van der Waals surface area contributed by atoms with Crippen LogP contribution in [0.1, 0.15) is 17.5 Å². The van der Waals surface area contributed by atoms with E-state index in [0.29, 0.717) is 13.0 Å². The molecule has 0 spiro atoms. The Hall–Kier alpha value is -2.02. The van der Waals surface area contributed by atoms with Gasteiger partial charge in [0.15, 0.2) is 0 Å². The molecule has 1 unspecified atom stereocenters. The molecule has 0 radical (unpaired) electrons. The van der Waals surface area contributed by atoms with Crippen molar-refractivity contribution in [3.63, 3.8) is 0 Å². The van der Waals surface area contributed by atoms with Crippen molar-refractivity contribution in [3.05, 3.63) is 29.3 Å². The number of rotatable bonds is 5. The van der Waals surface area contributed by atoms with Gasteiger partial charge in [0.1, 0.15) is 5.92 Å². The van der Waals surface area contributed by atoms with Crippen molar-refractivity contribution >= 4 is 17.5 Å². The van der Waals surface area contributed by atoms with Crippen molar-refractivity contribution in [2.75, 3.05) is 24.5 Å². The summed E-state index contributed by atoms with van der Waals surface area (Å²) >= 11 is 0. The molecule has 0 saturated carbocycles. The number of nitrogens with two attached hydrogens (primary N) is 1. The zero-order valence-electron chi connectivity index (χ0n) is 13.2. The number of carbonyl (C=O) groups excluding carboxylic acids is 2. The van der Waals surface area contributed by atoms with Crippen molar-refractivity contribution < 1.29 is 18.4 Å². The molecule has 0 aliphatic carbocycles. The maximum atomic E-state index is 13.1. The third kappa shape index (κ3) is 4.04. The largest absolute Gasteiger partial charge is 0.349 e. The second-order valence-electron chi connectivity index (χ2n) is 5.95. The average molecular weight is 325 g/mol. The maximum absolute atomic E-state index is 13.1. The number of hydrogen-bond acceptors (Lipinski definition) is 3. The minimum Gasteiger partial charge on any atom is -0.349 e. The Kier molecular flexibility index (Phi) is 4.99. The van der Waals surface area contributed by atoms with Crippen LogP contribution in [0.2, 0.25) is 0 Å². The van der Waals surface area contributed by atoms with E-state index in [1.54, 1.807) is 0 Å². The Morgan fingerprint density at radius 2 is 1.96 bits per heavy atom. The van der Waals surface area contributed by atoms with Crippen molar-refractivity contribution in [2.45, 2.75) is 26.2 Å². The number of anilines is 1. The first-order valence-corrected chi connectivity index (χ1v) is 7.49. The molecule has 1 saturated heterocycles. The summed E-state index contributed by atoms with van der Waals surface area (Å²) in [6.07, 6.45) is 0.311. The first kappa shape index (κ1) is 17.3. The van der Waals surface area contributed by atoms with Gasteiger partial charge in [-0.2, -0.15) is 0 Å². The minimum absolute atomic E-state index is 0.311. The lowest BCUT2D eigenvalue weighted by atomic mass is 10.1. The van der Waals surface area contributed by atoms with Gasteiger partial charge in [0.05, 0.1) is 13.1 Å². The summed E-state index contributed by atoms with van der Waals surface area (Å²) in [7, 11) is 0. The Bertz CT molecular complexity index is 599. The van der Waals surface area contributed by atoms with Crippen LogP contribution < -0.4 is 16.0 Å². The van der Waals surface area contributed by atoms with E-state index >= 15 is 0 Å². The lowest BCUT2D eigenvalue weighted by Crippen LogP contribution is -2.45. The average Bonchev–Trinajstić information content (AvgIpc) is 2.86. The molecule has 23 heavy (non-hydrogen) atoms. The monoisotopic (exact) mass is 325 g/mol. The Balaban J connectivity index is 2.05. The van der Waals surface area contributed by atoms with Crippen LogP contribution in [0.3, 0.4) is 0 Å². The van der Waals surface area contributed by atoms with Crippen LogP contribution >= 0.6 is 0 Å². The number of amides is 2. The molecule has 1 aliphatic rings. The highest BCUT2D eigenvalue weighted by molar-refractivity contribution is 6.09. The van der Waals surface area contributed by atoms with Crippen LogP contribution in [0.15, 0.2) is 18.2 Å². The number of alkyl halides is 2. The lowest BCUT2D eigenvalue weighted by molar-refractivity contribution is -0.133. The van der Waals surface area contributed by atoms with Gasteiger partial charge in [-0.25, -0.2) is 8.78 Å². The number of hydrogen-bond donors (Lipinski definition) is 2. The van der Waals surface area contributed by atoms with E-state index in [2.05, 4.69) is 5.32 Å². The maximum Gasteiger partial charge on any atom is 0.277 e. The molecule has 7 heteroatoms. The van der Waals surface area contributed by atoms with Gasteiger partial charge in [-0.1, -0.05) is 6.07 Å². The van der Waals surface area contributed by atoms with Gasteiger partial charge in [-0.3, -0.25) is 9.59 Å². The standard InChI is InChI=1S/C16H21F2N3O2/c1-10-5-11(2)7-12(6-10)21-4-3-13(15(21)23)14(22)20-9-16(17,18)8-19/h5-7,13H,3-4,8-9,19H2,1-2H3,(H,20,22). The fourth-order valence-corrected chi connectivity index (χ4v) is 2.70. The van der Waals surface area contributed by atoms with Crippen LogP contribution in [0.5, 0.6) is 0 Å². The lowest BCUT2D eigenvalue weighted by Gasteiger charge is -2.19. The molecule has 1 aromatic carbocycles. The highest BCUT2D eigenvalue weighted by Gasteiger charge is 2.38. The van der Waals surface area contributed by atoms with E-state index in [4.69, 9.17) is 5.73 Å². The molecular weight excluding hydrogens is 304 g/mol. The molecule has 1 aliphatic heterocycles. The fraction of sp³-hybridized carbons (Fsp3) is 0.500. The van der Waals surface area contributed by atoms with Crippen LogP contribution in [0.4, 0.5) is 14.5 Å². The summed E-state index contributed by atoms with van der Waals surface area (Å²) in [6.45, 7) is 2.55. The first-order valence-electron chi connectivity index (χ1n) is 7.49. The SMILES string of the molecule is Cc1cc(C)cc(N2CCC(C(=O)NCC(F)(F)CN)C2=O)c1. The van der Waals surface area contributed by atoms with Gasteiger partial charge < -0.3 is 16.0 Å². The van der Waals surface area contributed by atoms with Crippen LogP contribution in [0, 0.1) is 19.8 Å². The number of benzene rings is 1. The first-order chi connectivity index (χ1) is 10.7. The Labute approximate surface area is 133 Å². The predicted octanol–water partition coefficient (Wildman–Crippen LogP) is 1.37. The van der Waals surface area contributed by atoms with Gasteiger partial charge in [-0.05, 0) is 43.5 Å². The summed E-state index contributed by atoms with van der Waals surface area (Å²) in [5.41, 5.74) is 7.69. The summed E-state index contributed by atoms with van der Waals surface area (Å²) < 4.78 is 26.2. The molecule has 0 bridgehead atoms. The zero-order valence-corrected chi connectivity index (χ0v) is 13.2. The number of aryl methyl sites for hydroxylation is 2. The van der Waals surface area contributed by atoms with E-state index < -0.39 is 30.8 Å². The predicted molar refractivity (Wildman–Crippen MR) is 83.4 cm³/mol. The number of nitrogens with one attached hydrogen (secondary N) is 1. The molecule has 1 aromatic rings. The molecule has 1 fully saturated rings. The van der Waals surface area contributed by atoms with E-state index in [9.17, 15) is 18.4 Å². The topological polar surface area (TPSA) is 75.4 Å². The Morgan fingerprint density at radius 3 is 2.52 bits per heavy atom. The third-order valence-corrected chi connectivity index (χ3v) is 3.86. The van der Waals surface area contributed by atoms with Gasteiger partial charge in [0.2, 0.25) is 11.8 Å². The second-order valence-corrected chi connectivity index (χ2v) is 5.95. The van der Waals surface area contributed by atoms with Crippen LogP contribution in [-0.2, 0) is 9.59 Å². The molecule has 1 atom stereocenters. The molecular formula is C16H21F2N3O2. The summed E-state index contributed by atoms with van der Waals surface area (Å²) in [5, 5.41) is 2.12. The van der Waals surface area contributed by atoms with Gasteiger partial charge in [-0.15, -0.1) is 0 Å². The van der Waals surface area contributed by atoms with Crippen molar-refractivity contribution in [2.24, 2.45) is 11.7 Å². The van der Waals surface area contributed by atoms with E-state index in [1.807, 2.05) is 32.0 Å². The highest BCUT2D eigenvalue weighted by Crippen LogP contribution is 2.27. The zero-order chi connectivity index (χ0) is 17.2. The molecule has 2 amide bonds. The summed E-state index contributed by atoms with van der Waals surface area (Å²) in [6, 6.07) is 5.73. The van der Waals surface area contributed by atoms with Gasteiger partial charge in [0.25, 0.3) is 5.92 Å². The normalized spacial score (nSPS) is 18.4. The van der Waals surface area contributed by atoms with E-state index in [-0.39, 0.29) is 5.91 Å². The highest BCUT2D eigenvalue weighted by atomic mass is 19.3. The number of nitrogens with zero attached hydrogens (tertiary/aromatic N) is 1. The van der Waals surface area contributed by atoms with Crippen LogP contribution in [-0.4, -0.2) is 37.4 Å². The van der Waals surface area contributed by atoms with Gasteiger partial charge in [0, 0.05) is 12.2 Å². The van der Waals surface area contributed by atoms with Crippen molar-refractivity contribution in [3.8, 4) is 0 Å². The molecule has 5 nitrogen and oxygen atoms in total. The second kappa shape index (κ2) is 6.62. The molecule has 2 rings (SSSR count). The van der Waals surface area contributed by atoms with E-state index in [0.717, 1.165) is 16.8 Å². The molecule has 126 valence electrons. The Morgan fingerprint density at radius 1 is 1.35 bits per heavy atom. The summed E-state index contributed by atoms with van der Waals surface area (Å²) in [4.78, 5) is 25.9. The molecule has 3 N–H and O–H groups in total.